The van der Waals surface area contributed by atoms with Gasteiger partial charge in [-0.1, -0.05) is 23.8 Å². The van der Waals surface area contributed by atoms with Gasteiger partial charge in [0.15, 0.2) is 0 Å². The highest BCUT2D eigenvalue weighted by Gasteiger charge is 2.25. The molecule has 0 atom stereocenters. The van der Waals surface area contributed by atoms with E-state index in [1.807, 2.05) is 54.4 Å². The summed E-state index contributed by atoms with van der Waals surface area (Å²) in [6.45, 7) is 9.98. The predicted octanol–water partition coefficient (Wildman–Crippen LogP) is 3.24. The molecule has 166 valence electrons. The number of fused-ring (bicyclic) bond motifs is 1. The maximum Gasteiger partial charge on any atom is 0.329 e. The molecule has 0 aliphatic rings. The fourth-order valence-corrected chi connectivity index (χ4v) is 4.36. The third kappa shape index (κ3) is 3.75. The summed E-state index contributed by atoms with van der Waals surface area (Å²) in [5.41, 5.74) is 6.98. The third-order valence-electron chi connectivity index (χ3n) is 5.82. The Labute approximate surface area is 187 Å². The van der Waals surface area contributed by atoms with E-state index >= 15 is 0 Å². The molecular weight excluding hydrogens is 402 g/mol. The zero-order valence-corrected chi connectivity index (χ0v) is 19.1. The van der Waals surface area contributed by atoms with E-state index in [-0.39, 0.29) is 18.1 Å². The number of aromatic amines is 1. The molecule has 1 amide bonds. The molecule has 0 aliphatic heterocycles. The van der Waals surface area contributed by atoms with Gasteiger partial charge in [0.25, 0.3) is 5.91 Å². The number of carbonyl (C=O) groups is 1. The van der Waals surface area contributed by atoms with Crippen molar-refractivity contribution in [3.8, 4) is 22.4 Å². The Bertz CT molecular complexity index is 1340. The zero-order valence-electron chi connectivity index (χ0n) is 19.1. The Kier molecular flexibility index (Phi) is 5.99. The van der Waals surface area contributed by atoms with Crippen LogP contribution in [-0.2, 0) is 24.4 Å². The zero-order chi connectivity index (χ0) is 22.8. The lowest BCUT2D eigenvalue weighted by molar-refractivity contribution is -0.728. The second kappa shape index (κ2) is 8.86. The average Bonchev–Trinajstić information content (AvgIpc) is 3.30. The van der Waals surface area contributed by atoms with E-state index < -0.39 is 0 Å². The molecule has 2 N–H and O–H groups in total. The minimum absolute atomic E-state index is 0.0152. The van der Waals surface area contributed by atoms with E-state index in [4.69, 9.17) is 0 Å². The normalized spacial score (nSPS) is 11.2. The van der Waals surface area contributed by atoms with Crippen molar-refractivity contribution in [1.29, 1.82) is 0 Å². The van der Waals surface area contributed by atoms with Crippen molar-refractivity contribution >= 4 is 16.9 Å². The Morgan fingerprint density at radius 1 is 1.00 bits per heavy atom. The van der Waals surface area contributed by atoms with E-state index in [9.17, 15) is 9.59 Å². The van der Waals surface area contributed by atoms with Crippen LogP contribution in [0.2, 0.25) is 0 Å². The number of benzene rings is 2. The summed E-state index contributed by atoms with van der Waals surface area (Å²) in [4.78, 5) is 25.1. The maximum absolute atomic E-state index is 12.8. The van der Waals surface area contributed by atoms with Crippen molar-refractivity contribution in [3.05, 3.63) is 64.7 Å². The molecule has 0 radical (unpaired) electrons. The lowest BCUT2D eigenvalue weighted by Crippen LogP contribution is -2.45. The summed E-state index contributed by atoms with van der Waals surface area (Å²) in [6, 6.07) is 14.4. The van der Waals surface area contributed by atoms with Crippen LogP contribution < -0.4 is 15.7 Å². The van der Waals surface area contributed by atoms with E-state index in [0.717, 1.165) is 39.0 Å². The largest absolute Gasteiger partial charge is 0.351 e. The number of amides is 1. The number of H-pyrrole nitrogens is 1. The first-order chi connectivity index (χ1) is 15.5. The predicted molar refractivity (Wildman–Crippen MR) is 126 cm³/mol. The van der Waals surface area contributed by atoms with Gasteiger partial charge in [-0.2, -0.15) is 5.10 Å². The monoisotopic (exact) mass is 432 g/mol. The summed E-state index contributed by atoms with van der Waals surface area (Å²) >= 11 is 0. The molecule has 7 nitrogen and oxygen atoms in total. The van der Waals surface area contributed by atoms with E-state index in [1.165, 1.54) is 0 Å². The first kappa shape index (κ1) is 21.6. The lowest BCUT2D eigenvalue weighted by atomic mass is 10.00. The first-order valence-electron chi connectivity index (χ1n) is 11.2. The molecule has 0 saturated carbocycles. The van der Waals surface area contributed by atoms with Gasteiger partial charge in [0.05, 0.1) is 22.8 Å². The lowest BCUT2D eigenvalue weighted by Gasteiger charge is -2.05. The summed E-state index contributed by atoms with van der Waals surface area (Å²) in [5.74, 6) is -0.0462. The van der Waals surface area contributed by atoms with Crippen LogP contribution in [0.25, 0.3) is 33.4 Å². The van der Waals surface area contributed by atoms with Crippen LogP contribution in [0.5, 0.6) is 0 Å². The van der Waals surface area contributed by atoms with Crippen LogP contribution in [0.15, 0.2) is 53.5 Å². The van der Waals surface area contributed by atoms with Gasteiger partial charge in [-0.15, -0.1) is 4.68 Å². The highest BCUT2D eigenvalue weighted by Crippen LogP contribution is 2.31. The molecule has 0 fully saturated rings. The molecular formula is C25H30N5O2+. The van der Waals surface area contributed by atoms with Crippen LogP contribution in [-0.4, -0.2) is 26.7 Å². The highest BCUT2D eigenvalue weighted by atomic mass is 16.2. The topological polar surface area (TPSA) is 75.7 Å². The molecule has 32 heavy (non-hydrogen) atoms. The molecule has 0 spiro atoms. The van der Waals surface area contributed by atoms with Crippen LogP contribution in [0.1, 0.15) is 26.3 Å². The van der Waals surface area contributed by atoms with Gasteiger partial charge in [0.2, 0.25) is 12.2 Å². The summed E-state index contributed by atoms with van der Waals surface area (Å²) < 4.78 is 5.49. The number of likely N-dealkylation sites (N-methyl/N-ethyl adjacent to an activating group) is 1. The molecule has 2 aromatic carbocycles. The van der Waals surface area contributed by atoms with Gasteiger partial charge in [-0.25, -0.2) is 4.79 Å². The van der Waals surface area contributed by atoms with Crippen molar-refractivity contribution in [3.63, 3.8) is 0 Å². The highest BCUT2D eigenvalue weighted by molar-refractivity contribution is 5.87. The number of nitrogens with zero attached hydrogens (tertiary/aromatic N) is 3. The number of nitrogens with one attached hydrogen (secondary N) is 2. The molecule has 2 aromatic heterocycles. The van der Waals surface area contributed by atoms with Gasteiger partial charge in [-0.05, 0) is 57.5 Å². The second-order valence-electron chi connectivity index (χ2n) is 7.92. The molecule has 0 saturated heterocycles. The van der Waals surface area contributed by atoms with Crippen LogP contribution in [0.4, 0.5) is 0 Å². The fraction of sp³-hybridized carbons (Fsp3) is 0.320. The van der Waals surface area contributed by atoms with E-state index in [1.54, 1.807) is 4.57 Å². The van der Waals surface area contributed by atoms with Crippen LogP contribution in [0.3, 0.4) is 0 Å². The minimum atomic E-state index is -0.0462. The Morgan fingerprint density at radius 2 is 1.75 bits per heavy atom. The quantitative estimate of drug-likeness (QED) is 0.440. The molecule has 4 aromatic rings. The standard InChI is InChI=1S/C25H29N5O2/c1-5-26-23(31)16-30-24(19-10-8-9-17(4)13-19)20(15-27-30)18-11-12-21-22(14-18)29(7-3)25(32)28(21)6-2/h8-15H,5-7,16H2,1-4H3,(H,26,31)/p+1. The van der Waals surface area contributed by atoms with Crippen LogP contribution >= 0.6 is 0 Å². The van der Waals surface area contributed by atoms with Crippen molar-refractivity contribution < 1.29 is 9.48 Å². The number of hydrogen-bond acceptors (Lipinski definition) is 2. The molecule has 0 bridgehead atoms. The molecule has 2 heterocycles. The average molecular weight is 433 g/mol. The summed E-state index contributed by atoms with van der Waals surface area (Å²) in [7, 11) is 0. The van der Waals surface area contributed by atoms with Gasteiger partial charge in [0, 0.05) is 25.2 Å². The molecule has 0 unspecified atom stereocenters. The number of rotatable bonds is 7. The molecule has 7 heteroatoms. The second-order valence-corrected chi connectivity index (χ2v) is 7.92. The third-order valence-corrected chi connectivity index (χ3v) is 5.82. The molecule has 0 aliphatic carbocycles. The Balaban J connectivity index is 1.92. The summed E-state index contributed by atoms with van der Waals surface area (Å²) in [6.07, 6.45) is 1.93. The number of aryl methyl sites for hydroxylation is 3. The van der Waals surface area contributed by atoms with Crippen molar-refractivity contribution in [2.45, 2.75) is 47.3 Å². The molecule has 4 rings (SSSR count). The fourth-order valence-electron chi connectivity index (χ4n) is 4.36. The Hall–Kier alpha value is -3.61. The van der Waals surface area contributed by atoms with Crippen molar-refractivity contribution in [1.82, 2.24) is 19.5 Å². The van der Waals surface area contributed by atoms with Crippen LogP contribution in [0, 0.1) is 6.92 Å². The van der Waals surface area contributed by atoms with Gasteiger partial charge in [0.1, 0.15) is 0 Å². The SMILES string of the molecule is CCNC(=O)C[n+]1[nH]cc(-c2ccc3c(c2)n(CC)c(=O)n3CC)c1-c1cccc(C)c1. The minimum Gasteiger partial charge on any atom is -0.351 e. The van der Waals surface area contributed by atoms with E-state index in [0.29, 0.717) is 19.6 Å². The Morgan fingerprint density at radius 3 is 2.44 bits per heavy atom. The smallest absolute Gasteiger partial charge is 0.329 e. The maximum atomic E-state index is 12.8. The van der Waals surface area contributed by atoms with Gasteiger partial charge in [-0.3, -0.25) is 13.9 Å². The van der Waals surface area contributed by atoms with Crippen molar-refractivity contribution in [2.75, 3.05) is 6.54 Å². The number of carbonyl (C=O) groups excluding carboxylic acids is 1. The van der Waals surface area contributed by atoms with Crippen molar-refractivity contribution in [2.24, 2.45) is 0 Å². The van der Waals surface area contributed by atoms with E-state index in [2.05, 4.69) is 41.6 Å². The number of aromatic nitrogens is 4. The number of hydrogen-bond donors (Lipinski definition) is 2. The first-order valence-corrected chi connectivity index (χ1v) is 11.2. The van der Waals surface area contributed by atoms with Gasteiger partial charge < -0.3 is 5.32 Å². The number of imidazole rings is 1. The van der Waals surface area contributed by atoms with Gasteiger partial charge >= 0.3 is 5.69 Å². The summed E-state index contributed by atoms with van der Waals surface area (Å²) in [5, 5.41) is 6.13.